The summed E-state index contributed by atoms with van der Waals surface area (Å²) in [5, 5.41) is 8.87. The molecule has 1 fully saturated rings. The Morgan fingerprint density at radius 1 is 1.32 bits per heavy atom. The van der Waals surface area contributed by atoms with Gasteiger partial charge in [0.25, 0.3) is 0 Å². The van der Waals surface area contributed by atoms with Crippen LogP contribution in [0.25, 0.3) is 0 Å². The molecule has 102 valence electrons. The van der Waals surface area contributed by atoms with E-state index in [1.54, 1.807) is 0 Å². The summed E-state index contributed by atoms with van der Waals surface area (Å²) in [6.45, 7) is 7.92. The summed E-state index contributed by atoms with van der Waals surface area (Å²) in [5.41, 5.74) is 2.50. The van der Waals surface area contributed by atoms with Crippen LogP contribution in [0.15, 0.2) is 18.2 Å². The fraction of sp³-hybridized carbons (Fsp3) is 0.562. The van der Waals surface area contributed by atoms with E-state index in [-0.39, 0.29) is 5.92 Å². The molecule has 0 bridgehead atoms. The van der Waals surface area contributed by atoms with Gasteiger partial charge in [-0.25, -0.2) is 0 Å². The number of rotatable bonds is 4. The van der Waals surface area contributed by atoms with Crippen molar-refractivity contribution in [2.24, 2.45) is 5.92 Å². The number of benzene rings is 1. The van der Waals surface area contributed by atoms with Crippen molar-refractivity contribution in [1.29, 1.82) is 5.26 Å². The zero-order valence-corrected chi connectivity index (χ0v) is 11.9. The summed E-state index contributed by atoms with van der Waals surface area (Å²) < 4.78 is 5.87. The van der Waals surface area contributed by atoms with Gasteiger partial charge in [0.2, 0.25) is 0 Å². The largest absolute Gasteiger partial charge is 0.492 e. The van der Waals surface area contributed by atoms with Gasteiger partial charge in [-0.15, -0.1) is 0 Å². The molecule has 1 heterocycles. The van der Waals surface area contributed by atoms with Crippen molar-refractivity contribution < 1.29 is 4.74 Å². The second kappa shape index (κ2) is 6.58. The summed E-state index contributed by atoms with van der Waals surface area (Å²) in [5.74, 6) is 1.25. The standard InChI is InChI=1S/C16H22N2O/c1-13-4-3-5-16(14(13)2)19-11-10-18-8-6-15(12-17)7-9-18/h3-5,15H,6-11H2,1-2H3. The number of aryl methyl sites for hydroxylation is 1. The maximum absolute atomic E-state index is 8.87. The molecule has 0 N–H and O–H groups in total. The third-order valence-corrected chi connectivity index (χ3v) is 3.99. The van der Waals surface area contributed by atoms with E-state index >= 15 is 0 Å². The van der Waals surface area contributed by atoms with E-state index in [1.165, 1.54) is 11.1 Å². The summed E-state index contributed by atoms with van der Waals surface area (Å²) in [7, 11) is 0. The Morgan fingerprint density at radius 3 is 2.74 bits per heavy atom. The van der Waals surface area contributed by atoms with Crippen molar-refractivity contribution in [3.05, 3.63) is 29.3 Å². The first-order chi connectivity index (χ1) is 9.20. The molecule has 1 aromatic rings. The van der Waals surface area contributed by atoms with Crippen molar-refractivity contribution in [2.45, 2.75) is 26.7 Å². The third-order valence-electron chi connectivity index (χ3n) is 3.99. The van der Waals surface area contributed by atoms with Gasteiger partial charge < -0.3 is 4.74 Å². The number of hydrogen-bond acceptors (Lipinski definition) is 3. The lowest BCUT2D eigenvalue weighted by Crippen LogP contribution is -2.36. The minimum Gasteiger partial charge on any atom is -0.492 e. The molecular formula is C16H22N2O. The normalized spacial score (nSPS) is 17.1. The Bertz CT molecular complexity index is 456. The molecule has 0 spiro atoms. The quantitative estimate of drug-likeness (QED) is 0.833. The average molecular weight is 258 g/mol. The lowest BCUT2D eigenvalue weighted by atomic mass is 9.99. The first-order valence-electron chi connectivity index (χ1n) is 7.01. The van der Waals surface area contributed by atoms with Gasteiger partial charge in [0, 0.05) is 12.5 Å². The fourth-order valence-corrected chi connectivity index (χ4v) is 2.45. The molecular weight excluding hydrogens is 236 g/mol. The molecule has 0 saturated carbocycles. The zero-order valence-electron chi connectivity index (χ0n) is 11.9. The number of nitriles is 1. The SMILES string of the molecule is Cc1cccc(OCCN2CCC(C#N)CC2)c1C. The highest BCUT2D eigenvalue weighted by Gasteiger charge is 2.18. The maximum atomic E-state index is 8.87. The monoisotopic (exact) mass is 258 g/mol. The van der Waals surface area contributed by atoms with Gasteiger partial charge in [0.05, 0.1) is 6.07 Å². The number of piperidine rings is 1. The van der Waals surface area contributed by atoms with Crippen LogP contribution in [0.3, 0.4) is 0 Å². The second-order valence-corrected chi connectivity index (χ2v) is 5.29. The zero-order chi connectivity index (χ0) is 13.7. The minimum absolute atomic E-state index is 0.260. The molecule has 2 rings (SSSR count). The van der Waals surface area contributed by atoms with E-state index in [9.17, 15) is 0 Å². The van der Waals surface area contributed by atoms with Crippen LogP contribution in [-0.4, -0.2) is 31.1 Å². The molecule has 0 amide bonds. The highest BCUT2D eigenvalue weighted by Crippen LogP contribution is 2.21. The predicted molar refractivity (Wildman–Crippen MR) is 76.2 cm³/mol. The Kier molecular flexibility index (Phi) is 4.81. The van der Waals surface area contributed by atoms with E-state index in [2.05, 4.69) is 30.9 Å². The lowest BCUT2D eigenvalue weighted by Gasteiger charge is -2.28. The molecule has 0 radical (unpaired) electrons. The summed E-state index contributed by atoms with van der Waals surface area (Å²) >= 11 is 0. The van der Waals surface area contributed by atoms with Gasteiger partial charge in [-0.2, -0.15) is 5.26 Å². The number of hydrogen-bond donors (Lipinski definition) is 0. The van der Waals surface area contributed by atoms with E-state index in [0.29, 0.717) is 0 Å². The second-order valence-electron chi connectivity index (χ2n) is 5.29. The Balaban J connectivity index is 1.75. The molecule has 19 heavy (non-hydrogen) atoms. The van der Waals surface area contributed by atoms with Gasteiger partial charge >= 0.3 is 0 Å². The van der Waals surface area contributed by atoms with Crippen LogP contribution < -0.4 is 4.74 Å². The summed E-state index contributed by atoms with van der Waals surface area (Å²) in [6.07, 6.45) is 2.00. The molecule has 1 aliphatic heterocycles. The van der Waals surface area contributed by atoms with Gasteiger partial charge in [0.15, 0.2) is 0 Å². The smallest absolute Gasteiger partial charge is 0.122 e. The Hall–Kier alpha value is -1.53. The summed E-state index contributed by atoms with van der Waals surface area (Å²) in [4.78, 5) is 2.39. The first-order valence-corrected chi connectivity index (χ1v) is 7.01. The van der Waals surface area contributed by atoms with Crippen molar-refractivity contribution in [1.82, 2.24) is 4.90 Å². The van der Waals surface area contributed by atoms with Crippen molar-refractivity contribution in [3.63, 3.8) is 0 Å². The highest BCUT2D eigenvalue weighted by molar-refractivity contribution is 5.38. The number of likely N-dealkylation sites (tertiary alicyclic amines) is 1. The van der Waals surface area contributed by atoms with E-state index in [1.807, 2.05) is 12.1 Å². The Labute approximate surface area is 115 Å². The predicted octanol–water partition coefficient (Wildman–Crippen LogP) is 2.92. The van der Waals surface area contributed by atoms with Gasteiger partial charge in [0.1, 0.15) is 12.4 Å². The van der Waals surface area contributed by atoms with Crippen LogP contribution in [0.4, 0.5) is 0 Å². The number of ether oxygens (including phenoxy) is 1. The van der Waals surface area contributed by atoms with E-state index < -0.39 is 0 Å². The van der Waals surface area contributed by atoms with Gasteiger partial charge in [-0.1, -0.05) is 12.1 Å². The molecule has 1 aromatic carbocycles. The van der Waals surface area contributed by atoms with Crippen LogP contribution in [0.1, 0.15) is 24.0 Å². The topological polar surface area (TPSA) is 36.3 Å². The minimum atomic E-state index is 0.260. The molecule has 3 nitrogen and oxygen atoms in total. The highest BCUT2D eigenvalue weighted by atomic mass is 16.5. The van der Waals surface area contributed by atoms with Crippen LogP contribution in [0.5, 0.6) is 5.75 Å². The lowest BCUT2D eigenvalue weighted by molar-refractivity contribution is 0.168. The van der Waals surface area contributed by atoms with E-state index in [0.717, 1.165) is 44.8 Å². The maximum Gasteiger partial charge on any atom is 0.122 e. The molecule has 0 aromatic heterocycles. The summed E-state index contributed by atoms with van der Waals surface area (Å²) in [6, 6.07) is 8.54. The van der Waals surface area contributed by atoms with Gasteiger partial charge in [-0.05, 0) is 57.0 Å². The van der Waals surface area contributed by atoms with E-state index in [4.69, 9.17) is 10.00 Å². The van der Waals surface area contributed by atoms with Crippen LogP contribution >= 0.6 is 0 Å². The van der Waals surface area contributed by atoms with Gasteiger partial charge in [-0.3, -0.25) is 4.90 Å². The molecule has 0 unspecified atom stereocenters. The van der Waals surface area contributed by atoms with Crippen molar-refractivity contribution in [3.8, 4) is 11.8 Å². The average Bonchev–Trinajstić information content (AvgIpc) is 2.44. The Morgan fingerprint density at radius 2 is 2.05 bits per heavy atom. The van der Waals surface area contributed by atoms with Crippen molar-refractivity contribution >= 4 is 0 Å². The molecule has 3 heteroatoms. The molecule has 1 aliphatic rings. The fourth-order valence-electron chi connectivity index (χ4n) is 2.45. The first kappa shape index (κ1) is 13.9. The van der Waals surface area contributed by atoms with Crippen LogP contribution in [0, 0.1) is 31.1 Å². The molecule has 0 atom stereocenters. The third kappa shape index (κ3) is 3.71. The van der Waals surface area contributed by atoms with Crippen LogP contribution in [-0.2, 0) is 0 Å². The van der Waals surface area contributed by atoms with Crippen LogP contribution in [0.2, 0.25) is 0 Å². The number of nitrogens with zero attached hydrogens (tertiary/aromatic N) is 2. The molecule has 0 aliphatic carbocycles. The van der Waals surface area contributed by atoms with Crippen molar-refractivity contribution in [2.75, 3.05) is 26.2 Å². The molecule has 1 saturated heterocycles.